The first kappa shape index (κ1) is 33.0. The van der Waals surface area contributed by atoms with Crippen molar-refractivity contribution in [2.75, 3.05) is 42.8 Å². The van der Waals surface area contributed by atoms with E-state index in [2.05, 4.69) is 29.6 Å². The standard InChI is InChI=1S/C27H43N5O9Si/c1-26(2,3)40-24(35)30(25(36)41-27(4,5)6)11-10-18-15-31(23(34)39-18)19-14-28-22-21(29-19)32(20(33)16-38-22)17-37-12-13-42(7,8)9/h14,18H,10-13,15-17H2,1-9H3/t18-/m1/s1. The number of rotatable bonds is 9. The molecule has 0 N–H and O–H groups in total. The Hall–Kier alpha value is -3.46. The van der Waals surface area contributed by atoms with Crippen molar-refractivity contribution in [1.29, 1.82) is 0 Å². The molecule has 1 saturated heterocycles. The van der Waals surface area contributed by atoms with E-state index < -0.39 is 43.7 Å². The molecule has 4 amide bonds. The third-order valence-electron chi connectivity index (χ3n) is 5.87. The lowest BCUT2D eigenvalue weighted by atomic mass is 10.2. The van der Waals surface area contributed by atoms with Crippen LogP contribution in [-0.2, 0) is 23.7 Å². The van der Waals surface area contributed by atoms with Crippen LogP contribution in [0.4, 0.5) is 26.0 Å². The van der Waals surface area contributed by atoms with E-state index in [-0.39, 0.29) is 56.3 Å². The summed E-state index contributed by atoms with van der Waals surface area (Å²) in [6.45, 7) is 17.1. The number of carbonyl (C=O) groups is 4. The maximum Gasteiger partial charge on any atom is 0.419 e. The Bertz CT molecular complexity index is 1150. The third-order valence-corrected chi connectivity index (χ3v) is 7.57. The van der Waals surface area contributed by atoms with Crippen LogP contribution in [0.25, 0.3) is 0 Å². The fourth-order valence-electron chi connectivity index (χ4n) is 3.78. The topological polar surface area (TPSA) is 150 Å². The van der Waals surface area contributed by atoms with Crippen molar-refractivity contribution in [2.45, 2.75) is 91.0 Å². The summed E-state index contributed by atoms with van der Waals surface area (Å²) in [4.78, 5) is 63.2. The maximum atomic E-state index is 12.8. The highest BCUT2D eigenvalue weighted by Gasteiger charge is 2.38. The van der Waals surface area contributed by atoms with Crippen molar-refractivity contribution < 1.29 is 42.9 Å². The number of amides is 4. The monoisotopic (exact) mass is 609 g/mol. The van der Waals surface area contributed by atoms with E-state index >= 15 is 0 Å². The number of aromatic nitrogens is 2. The van der Waals surface area contributed by atoms with Gasteiger partial charge in [0.15, 0.2) is 12.4 Å². The van der Waals surface area contributed by atoms with Gasteiger partial charge in [0.2, 0.25) is 5.82 Å². The number of fused-ring (bicyclic) bond motifs is 1. The van der Waals surface area contributed by atoms with E-state index in [0.29, 0.717) is 6.61 Å². The minimum Gasteiger partial charge on any atom is -0.465 e. The predicted octanol–water partition coefficient (Wildman–Crippen LogP) is 4.40. The number of hydrogen-bond donors (Lipinski definition) is 0. The Morgan fingerprint density at radius 3 is 2.26 bits per heavy atom. The molecule has 1 aromatic heterocycles. The van der Waals surface area contributed by atoms with Crippen LogP contribution in [-0.4, -0.2) is 97.5 Å². The van der Waals surface area contributed by atoms with E-state index in [1.54, 1.807) is 41.5 Å². The highest BCUT2D eigenvalue weighted by Crippen LogP contribution is 2.31. The molecule has 0 unspecified atom stereocenters. The Balaban J connectivity index is 1.70. The minimum atomic E-state index is -1.32. The zero-order valence-corrected chi connectivity index (χ0v) is 27.0. The second-order valence-corrected chi connectivity index (χ2v) is 19.0. The molecule has 234 valence electrons. The number of cyclic esters (lactones) is 1. The fourth-order valence-corrected chi connectivity index (χ4v) is 4.54. The smallest absolute Gasteiger partial charge is 0.419 e. The van der Waals surface area contributed by atoms with E-state index in [4.69, 9.17) is 23.7 Å². The molecule has 0 radical (unpaired) electrons. The van der Waals surface area contributed by atoms with E-state index in [9.17, 15) is 19.2 Å². The van der Waals surface area contributed by atoms with Gasteiger partial charge in [-0.05, 0) is 47.6 Å². The average Bonchev–Trinajstić information content (AvgIpc) is 3.20. The van der Waals surface area contributed by atoms with Crippen LogP contribution in [0.3, 0.4) is 0 Å². The van der Waals surface area contributed by atoms with Crippen molar-refractivity contribution in [2.24, 2.45) is 0 Å². The largest absolute Gasteiger partial charge is 0.465 e. The summed E-state index contributed by atoms with van der Waals surface area (Å²) < 4.78 is 27.5. The Kier molecular flexibility index (Phi) is 10.1. The van der Waals surface area contributed by atoms with E-state index in [1.807, 2.05) is 0 Å². The minimum absolute atomic E-state index is 0.0178. The molecule has 2 aliphatic rings. The van der Waals surface area contributed by atoms with Gasteiger partial charge in [0, 0.05) is 27.6 Å². The number of hydrogen-bond acceptors (Lipinski definition) is 11. The van der Waals surface area contributed by atoms with Gasteiger partial charge in [-0.1, -0.05) is 19.6 Å². The van der Waals surface area contributed by atoms with Gasteiger partial charge in [0.25, 0.3) is 11.8 Å². The molecule has 1 fully saturated rings. The molecule has 0 aliphatic carbocycles. The summed E-state index contributed by atoms with van der Waals surface area (Å²) >= 11 is 0. The van der Waals surface area contributed by atoms with Crippen molar-refractivity contribution in [3.05, 3.63) is 6.20 Å². The second-order valence-electron chi connectivity index (χ2n) is 13.3. The summed E-state index contributed by atoms with van der Waals surface area (Å²) in [5.41, 5.74) is -1.67. The SMILES string of the molecule is CC(C)(C)OC(=O)N(CC[C@@H]1CN(c2cnc3c(n2)N(COCC[Si](C)(C)C)C(=O)CO3)C(=O)O1)C(=O)OC(C)(C)C. The van der Waals surface area contributed by atoms with Crippen molar-refractivity contribution in [3.63, 3.8) is 0 Å². The molecule has 3 rings (SSSR count). The van der Waals surface area contributed by atoms with Crippen LogP contribution >= 0.6 is 0 Å². The number of ether oxygens (including phenoxy) is 5. The summed E-state index contributed by atoms with van der Waals surface area (Å²) in [6, 6.07) is 0.935. The number of nitrogens with zero attached hydrogens (tertiary/aromatic N) is 5. The number of carbonyl (C=O) groups excluding carboxylic acids is 4. The van der Waals surface area contributed by atoms with Crippen LogP contribution in [0.1, 0.15) is 48.0 Å². The molecule has 14 nitrogen and oxygen atoms in total. The van der Waals surface area contributed by atoms with Gasteiger partial charge in [-0.15, -0.1) is 0 Å². The molecule has 42 heavy (non-hydrogen) atoms. The fraction of sp³-hybridized carbons (Fsp3) is 0.704. The van der Waals surface area contributed by atoms with Gasteiger partial charge in [-0.3, -0.25) is 14.6 Å². The lowest BCUT2D eigenvalue weighted by Gasteiger charge is -2.29. The Morgan fingerprint density at radius 1 is 1.07 bits per heavy atom. The first-order valence-corrected chi connectivity index (χ1v) is 17.6. The maximum absolute atomic E-state index is 12.8. The van der Waals surface area contributed by atoms with Crippen molar-refractivity contribution in [3.8, 4) is 5.88 Å². The first-order chi connectivity index (χ1) is 19.3. The average molecular weight is 610 g/mol. The van der Waals surface area contributed by atoms with E-state index in [1.165, 1.54) is 16.0 Å². The van der Waals surface area contributed by atoms with Crippen LogP contribution in [0, 0.1) is 0 Å². The second kappa shape index (κ2) is 12.8. The molecular weight excluding hydrogens is 566 g/mol. The number of anilines is 2. The van der Waals surface area contributed by atoms with E-state index in [0.717, 1.165) is 10.9 Å². The predicted molar refractivity (Wildman–Crippen MR) is 155 cm³/mol. The Labute approximate surface area is 247 Å². The van der Waals surface area contributed by atoms with Gasteiger partial charge in [-0.2, -0.15) is 0 Å². The Morgan fingerprint density at radius 2 is 1.69 bits per heavy atom. The zero-order chi connectivity index (χ0) is 31.5. The summed E-state index contributed by atoms with van der Waals surface area (Å²) in [5.74, 6) is 0.117. The highest BCUT2D eigenvalue weighted by atomic mass is 28.3. The van der Waals surface area contributed by atoms with Gasteiger partial charge >= 0.3 is 18.3 Å². The summed E-state index contributed by atoms with van der Waals surface area (Å²) in [7, 11) is -1.32. The van der Waals surface area contributed by atoms with Crippen LogP contribution in [0.15, 0.2) is 6.20 Å². The molecule has 2 aliphatic heterocycles. The van der Waals surface area contributed by atoms with Gasteiger partial charge in [0.1, 0.15) is 24.0 Å². The molecule has 0 bridgehead atoms. The lowest BCUT2D eigenvalue weighted by Crippen LogP contribution is -2.44. The molecule has 15 heteroatoms. The summed E-state index contributed by atoms with van der Waals surface area (Å²) in [5, 5.41) is 0. The molecule has 3 heterocycles. The van der Waals surface area contributed by atoms with Gasteiger partial charge in [-0.25, -0.2) is 29.3 Å². The lowest BCUT2D eigenvalue weighted by molar-refractivity contribution is -0.122. The van der Waals surface area contributed by atoms with Crippen molar-refractivity contribution in [1.82, 2.24) is 14.9 Å². The molecular formula is C27H43N5O9Si. The molecule has 0 spiro atoms. The molecule has 1 aromatic rings. The third kappa shape index (κ3) is 9.54. The quantitative estimate of drug-likeness (QED) is 0.223. The normalized spacial score (nSPS) is 17.4. The number of imide groups is 1. The highest BCUT2D eigenvalue weighted by molar-refractivity contribution is 6.76. The van der Waals surface area contributed by atoms with Gasteiger partial charge < -0.3 is 23.7 Å². The zero-order valence-electron chi connectivity index (χ0n) is 26.0. The molecule has 0 aromatic carbocycles. The molecule has 0 saturated carbocycles. The first-order valence-electron chi connectivity index (χ1n) is 13.9. The van der Waals surface area contributed by atoms with Crippen LogP contribution in [0.5, 0.6) is 5.88 Å². The summed E-state index contributed by atoms with van der Waals surface area (Å²) in [6.07, 6.45) is -1.61. The van der Waals surface area contributed by atoms with Crippen LogP contribution in [0.2, 0.25) is 25.7 Å². The van der Waals surface area contributed by atoms with Crippen LogP contribution < -0.4 is 14.5 Å². The van der Waals surface area contributed by atoms with Crippen molar-refractivity contribution >= 4 is 43.9 Å². The van der Waals surface area contributed by atoms with Gasteiger partial charge in [0.05, 0.1) is 12.7 Å². The molecule has 1 atom stereocenters.